The molecule has 2 aromatic carbocycles. The Bertz CT molecular complexity index is 938. The zero-order valence-corrected chi connectivity index (χ0v) is 17.6. The van der Waals surface area contributed by atoms with Crippen molar-refractivity contribution in [2.24, 2.45) is 0 Å². The van der Waals surface area contributed by atoms with Crippen molar-refractivity contribution in [3.8, 4) is 5.75 Å². The lowest BCUT2D eigenvalue weighted by molar-refractivity contribution is -0.114. The van der Waals surface area contributed by atoms with Gasteiger partial charge in [-0.25, -0.2) is 5.01 Å². The molecule has 0 atom stereocenters. The summed E-state index contributed by atoms with van der Waals surface area (Å²) in [5.74, 6) is 0.0932. The van der Waals surface area contributed by atoms with Crippen LogP contribution in [0.1, 0.15) is 21.5 Å². The number of piperazine rings is 1. The van der Waals surface area contributed by atoms with Crippen LogP contribution in [0.25, 0.3) is 0 Å². The van der Waals surface area contributed by atoms with Crippen LogP contribution in [0.4, 0.5) is 5.69 Å². The third kappa shape index (κ3) is 4.23. The van der Waals surface area contributed by atoms with Crippen molar-refractivity contribution in [2.75, 3.05) is 51.3 Å². The van der Waals surface area contributed by atoms with Gasteiger partial charge in [-0.15, -0.1) is 0 Å². The summed E-state index contributed by atoms with van der Waals surface area (Å²) in [6.07, 6.45) is 0. The lowest BCUT2D eigenvalue weighted by Crippen LogP contribution is -2.53. The quantitative estimate of drug-likeness (QED) is 0.706. The van der Waals surface area contributed by atoms with E-state index < -0.39 is 5.91 Å². The second kappa shape index (κ2) is 8.95. The fourth-order valence-electron chi connectivity index (χ4n) is 4.05. The van der Waals surface area contributed by atoms with Crippen LogP contribution in [-0.4, -0.2) is 68.0 Å². The Kier molecular flexibility index (Phi) is 6.13. The number of fused-ring (bicyclic) bond motifs is 1. The highest BCUT2D eigenvalue weighted by Crippen LogP contribution is 2.29. The molecule has 0 aromatic heterocycles. The first-order chi connectivity index (χ1) is 14.6. The molecule has 158 valence electrons. The van der Waals surface area contributed by atoms with Crippen LogP contribution in [0, 0.1) is 6.92 Å². The fraction of sp³-hybridized carbons (Fsp3) is 0.391. The molecule has 1 fully saturated rings. The number of amides is 1. The topological polar surface area (TPSA) is 65.1 Å². The number of Topliss-reactive ketones (excluding diaryl/α,β-unsaturated/α-hetero) is 1. The summed E-state index contributed by atoms with van der Waals surface area (Å²) in [5.41, 5.74) is 6.88. The van der Waals surface area contributed by atoms with E-state index in [1.165, 1.54) is 0 Å². The van der Waals surface area contributed by atoms with E-state index in [0.29, 0.717) is 12.1 Å². The van der Waals surface area contributed by atoms with Crippen molar-refractivity contribution in [1.29, 1.82) is 0 Å². The van der Waals surface area contributed by atoms with E-state index in [1.54, 1.807) is 12.0 Å². The summed E-state index contributed by atoms with van der Waals surface area (Å²) < 4.78 is 5.41. The van der Waals surface area contributed by atoms with Gasteiger partial charge in [-0.1, -0.05) is 29.8 Å². The van der Waals surface area contributed by atoms with Gasteiger partial charge in [0.15, 0.2) is 0 Å². The number of hydrogen-bond acceptors (Lipinski definition) is 6. The monoisotopic (exact) mass is 408 g/mol. The molecule has 0 bridgehead atoms. The molecule has 2 aliphatic rings. The Morgan fingerprint density at radius 2 is 1.77 bits per heavy atom. The van der Waals surface area contributed by atoms with Gasteiger partial charge in [-0.2, -0.15) is 0 Å². The van der Waals surface area contributed by atoms with Gasteiger partial charge in [-0.05, 0) is 25.1 Å². The molecule has 1 saturated heterocycles. The molecule has 0 unspecified atom stereocenters. The zero-order valence-electron chi connectivity index (χ0n) is 17.6. The number of hydrazine groups is 1. The summed E-state index contributed by atoms with van der Waals surface area (Å²) in [6, 6.07) is 13.7. The van der Waals surface area contributed by atoms with Gasteiger partial charge in [0.1, 0.15) is 5.75 Å². The number of hydrogen-bond donors (Lipinski definition) is 1. The Balaban J connectivity index is 1.26. The average Bonchev–Trinajstić information content (AvgIpc) is 3.01. The molecule has 0 aliphatic carbocycles. The third-order valence-corrected chi connectivity index (χ3v) is 5.82. The minimum atomic E-state index is -0.410. The Labute approximate surface area is 177 Å². The van der Waals surface area contributed by atoms with Crippen molar-refractivity contribution in [2.45, 2.75) is 13.5 Å². The summed E-state index contributed by atoms with van der Waals surface area (Å²) >= 11 is 0. The molecular weight excluding hydrogens is 380 g/mol. The minimum absolute atomic E-state index is 0.390. The van der Waals surface area contributed by atoms with Crippen molar-refractivity contribution >= 4 is 17.4 Å². The zero-order chi connectivity index (χ0) is 21.1. The van der Waals surface area contributed by atoms with E-state index in [9.17, 15) is 9.59 Å². The molecular formula is C23H28N4O3. The fourth-order valence-corrected chi connectivity index (χ4v) is 4.05. The highest BCUT2D eigenvalue weighted by molar-refractivity contribution is 6.52. The predicted octanol–water partition coefficient (Wildman–Crippen LogP) is 1.86. The molecule has 30 heavy (non-hydrogen) atoms. The van der Waals surface area contributed by atoms with Crippen LogP contribution in [0.15, 0.2) is 42.5 Å². The number of carbonyl (C=O) groups excluding carboxylic acids is 2. The first-order valence-electron chi connectivity index (χ1n) is 10.4. The Hall–Kier alpha value is -2.74. The highest BCUT2D eigenvalue weighted by Gasteiger charge is 2.35. The maximum Gasteiger partial charge on any atom is 0.299 e. The first-order valence-corrected chi connectivity index (χ1v) is 10.4. The SMILES string of the molecule is COc1ccccc1CNN1CCN(CCN2C(=O)C(=O)c3cc(C)ccc32)CC1. The minimum Gasteiger partial charge on any atom is -0.496 e. The van der Waals surface area contributed by atoms with E-state index in [0.717, 1.165) is 61.8 Å². The second-order valence-electron chi connectivity index (χ2n) is 7.78. The van der Waals surface area contributed by atoms with Gasteiger partial charge in [0.2, 0.25) is 0 Å². The number of ketones is 1. The summed E-state index contributed by atoms with van der Waals surface area (Å²) in [6.45, 7) is 7.58. The highest BCUT2D eigenvalue weighted by atomic mass is 16.5. The Morgan fingerprint density at radius 3 is 2.53 bits per heavy atom. The smallest absolute Gasteiger partial charge is 0.299 e. The predicted molar refractivity (Wildman–Crippen MR) is 116 cm³/mol. The first kappa shape index (κ1) is 20.5. The normalized spacial score (nSPS) is 17.5. The maximum atomic E-state index is 12.4. The Morgan fingerprint density at radius 1 is 1.00 bits per heavy atom. The van der Waals surface area contributed by atoms with E-state index in [4.69, 9.17) is 4.74 Å². The number of nitrogens with zero attached hydrogens (tertiary/aromatic N) is 3. The molecule has 7 nitrogen and oxygen atoms in total. The molecule has 0 spiro atoms. The van der Waals surface area contributed by atoms with E-state index >= 15 is 0 Å². The lowest BCUT2D eigenvalue weighted by Gasteiger charge is -2.35. The number of para-hydroxylation sites is 1. The van der Waals surface area contributed by atoms with Gasteiger partial charge in [0.25, 0.3) is 11.7 Å². The van der Waals surface area contributed by atoms with Crippen LogP contribution < -0.4 is 15.1 Å². The van der Waals surface area contributed by atoms with E-state index in [1.807, 2.05) is 43.3 Å². The third-order valence-electron chi connectivity index (χ3n) is 5.82. The summed E-state index contributed by atoms with van der Waals surface area (Å²) in [5, 5.41) is 2.23. The van der Waals surface area contributed by atoms with Gasteiger partial charge >= 0.3 is 0 Å². The number of rotatable bonds is 7. The van der Waals surface area contributed by atoms with Gasteiger partial charge in [0, 0.05) is 51.4 Å². The lowest BCUT2D eigenvalue weighted by atomic mass is 10.1. The summed E-state index contributed by atoms with van der Waals surface area (Å²) in [4.78, 5) is 28.6. The molecule has 1 amide bonds. The second-order valence-corrected chi connectivity index (χ2v) is 7.78. The van der Waals surface area contributed by atoms with Crippen LogP contribution >= 0.6 is 0 Å². The van der Waals surface area contributed by atoms with Crippen LogP contribution in [0.2, 0.25) is 0 Å². The van der Waals surface area contributed by atoms with E-state index in [-0.39, 0.29) is 5.78 Å². The maximum absolute atomic E-state index is 12.4. The largest absolute Gasteiger partial charge is 0.496 e. The molecule has 2 aromatic rings. The molecule has 0 radical (unpaired) electrons. The van der Waals surface area contributed by atoms with Crippen molar-refractivity contribution in [3.05, 3.63) is 59.2 Å². The molecule has 7 heteroatoms. The number of benzene rings is 2. The van der Waals surface area contributed by atoms with Gasteiger partial charge in [0.05, 0.1) is 18.4 Å². The molecule has 2 heterocycles. The van der Waals surface area contributed by atoms with Crippen molar-refractivity contribution in [1.82, 2.24) is 15.3 Å². The number of ether oxygens (including phenoxy) is 1. The molecule has 1 N–H and O–H groups in total. The summed E-state index contributed by atoms with van der Waals surface area (Å²) in [7, 11) is 1.69. The molecule has 2 aliphatic heterocycles. The molecule has 4 rings (SSSR count). The number of carbonyl (C=O) groups is 2. The van der Waals surface area contributed by atoms with Crippen molar-refractivity contribution in [3.63, 3.8) is 0 Å². The van der Waals surface area contributed by atoms with Crippen LogP contribution in [-0.2, 0) is 11.3 Å². The molecule has 0 saturated carbocycles. The number of anilines is 1. The average molecular weight is 409 g/mol. The van der Waals surface area contributed by atoms with Crippen molar-refractivity contribution < 1.29 is 14.3 Å². The van der Waals surface area contributed by atoms with Gasteiger partial charge in [-0.3, -0.25) is 19.9 Å². The standard InChI is InChI=1S/C23H28N4O3/c1-17-7-8-20-19(15-17)22(28)23(29)27(20)14-11-25-9-12-26(13-10-25)24-16-18-5-3-4-6-21(18)30-2/h3-8,15,24H,9-14,16H2,1-2H3. The number of aryl methyl sites for hydroxylation is 1. The number of methoxy groups -OCH3 is 1. The van der Waals surface area contributed by atoms with Crippen LogP contribution in [0.5, 0.6) is 5.75 Å². The van der Waals surface area contributed by atoms with E-state index in [2.05, 4.69) is 21.4 Å². The number of nitrogens with one attached hydrogen (secondary N) is 1. The van der Waals surface area contributed by atoms with Gasteiger partial charge < -0.3 is 9.64 Å². The van der Waals surface area contributed by atoms with Crippen LogP contribution in [0.3, 0.4) is 0 Å².